The van der Waals surface area contributed by atoms with E-state index >= 15 is 0 Å². The average Bonchev–Trinajstić information content (AvgIpc) is 2.31. The zero-order chi connectivity index (χ0) is 14.6. The van der Waals surface area contributed by atoms with Crippen LogP contribution in [0.25, 0.3) is 0 Å². The molecule has 0 heterocycles. The molecule has 0 aliphatic rings. The number of amides is 2. The maximum Gasteiger partial charge on any atom is 0.241 e. The first-order chi connectivity index (χ1) is 8.81. The number of anilines is 2. The summed E-state index contributed by atoms with van der Waals surface area (Å²) in [5, 5.41) is 5.62. The quantitative estimate of drug-likeness (QED) is 0.792. The van der Waals surface area contributed by atoms with Crippen LogP contribution in [-0.4, -0.2) is 17.9 Å². The first-order valence-corrected chi connectivity index (χ1v) is 6.32. The van der Waals surface area contributed by atoms with Gasteiger partial charge in [-0.2, -0.15) is 0 Å². The van der Waals surface area contributed by atoms with Crippen LogP contribution in [0.5, 0.6) is 0 Å². The molecule has 0 aliphatic heterocycles. The van der Waals surface area contributed by atoms with Gasteiger partial charge in [0.15, 0.2) is 0 Å². The fourth-order valence-corrected chi connectivity index (χ4v) is 1.64. The van der Waals surface area contributed by atoms with Crippen molar-refractivity contribution < 1.29 is 9.59 Å². The molecule has 0 bridgehead atoms. The summed E-state index contributed by atoms with van der Waals surface area (Å²) in [4.78, 5) is 22.7. The molecule has 0 aliphatic carbocycles. The highest BCUT2D eigenvalue weighted by molar-refractivity contribution is 6.34. The van der Waals surface area contributed by atoms with Crippen LogP contribution in [0.15, 0.2) is 18.2 Å². The summed E-state index contributed by atoms with van der Waals surface area (Å²) in [6, 6.07) is 4.27. The van der Waals surface area contributed by atoms with E-state index in [1.807, 2.05) is 13.8 Å². The van der Waals surface area contributed by atoms with Gasteiger partial charge in [0, 0.05) is 12.6 Å². The van der Waals surface area contributed by atoms with Gasteiger partial charge in [-0.1, -0.05) is 25.4 Å². The molecule has 0 unspecified atom stereocenters. The summed E-state index contributed by atoms with van der Waals surface area (Å²) in [5.41, 5.74) is 6.78. The van der Waals surface area contributed by atoms with Crippen LogP contribution >= 0.6 is 11.6 Å². The van der Waals surface area contributed by atoms with Crippen molar-refractivity contribution in [1.82, 2.24) is 0 Å². The molecule has 104 valence electrons. The zero-order valence-electron chi connectivity index (χ0n) is 11.2. The molecule has 1 rings (SSSR count). The normalized spacial score (nSPS) is 12.1. The molecule has 0 fully saturated rings. The summed E-state index contributed by atoms with van der Waals surface area (Å²) in [5.74, 6) is -0.423. The van der Waals surface area contributed by atoms with Crippen molar-refractivity contribution in [1.29, 1.82) is 0 Å². The Hall–Kier alpha value is -1.59. The lowest BCUT2D eigenvalue weighted by molar-refractivity contribution is -0.118. The number of carbonyl (C=O) groups is 2. The Morgan fingerprint density at radius 1 is 1.26 bits per heavy atom. The summed E-state index contributed by atoms with van der Waals surface area (Å²) >= 11 is 6.00. The van der Waals surface area contributed by atoms with E-state index < -0.39 is 6.04 Å². The number of nitrogens with one attached hydrogen (secondary N) is 2. The second-order valence-electron chi connectivity index (χ2n) is 4.63. The SMILES string of the molecule is CC(=O)Nc1ccc(NC(=O)[C@@H](N)C(C)C)cc1Cl. The summed E-state index contributed by atoms with van der Waals surface area (Å²) < 4.78 is 0. The number of halogens is 1. The molecular weight excluding hydrogens is 266 g/mol. The van der Waals surface area contributed by atoms with Gasteiger partial charge in [0.25, 0.3) is 0 Å². The summed E-state index contributed by atoms with van der Waals surface area (Å²) in [7, 11) is 0. The maximum absolute atomic E-state index is 11.8. The van der Waals surface area contributed by atoms with Gasteiger partial charge in [-0.15, -0.1) is 0 Å². The van der Waals surface area contributed by atoms with Crippen LogP contribution < -0.4 is 16.4 Å². The Labute approximate surface area is 117 Å². The number of rotatable bonds is 4. The van der Waals surface area contributed by atoms with Crippen molar-refractivity contribution in [2.75, 3.05) is 10.6 Å². The van der Waals surface area contributed by atoms with Gasteiger partial charge >= 0.3 is 0 Å². The minimum atomic E-state index is -0.575. The van der Waals surface area contributed by atoms with Gasteiger partial charge in [-0.3, -0.25) is 9.59 Å². The molecule has 1 aromatic rings. The second-order valence-corrected chi connectivity index (χ2v) is 5.04. The standard InChI is InChI=1S/C13H18ClN3O2/c1-7(2)12(15)13(19)17-9-4-5-11(10(14)6-9)16-8(3)18/h4-7,12H,15H2,1-3H3,(H,16,18)(H,17,19)/t12-/m0/s1. The molecule has 0 saturated heterocycles. The summed E-state index contributed by atoms with van der Waals surface area (Å²) in [6.07, 6.45) is 0. The molecule has 1 aromatic carbocycles. The van der Waals surface area contributed by atoms with Gasteiger partial charge in [0.2, 0.25) is 11.8 Å². The number of hydrogen-bond acceptors (Lipinski definition) is 3. The third-order valence-corrected chi connectivity index (χ3v) is 2.88. The molecular formula is C13H18ClN3O2. The molecule has 1 atom stereocenters. The molecule has 6 heteroatoms. The number of benzene rings is 1. The monoisotopic (exact) mass is 283 g/mol. The Bertz CT molecular complexity index is 489. The van der Waals surface area contributed by atoms with Crippen LogP contribution in [0.1, 0.15) is 20.8 Å². The maximum atomic E-state index is 11.8. The van der Waals surface area contributed by atoms with Gasteiger partial charge in [-0.25, -0.2) is 0 Å². The molecule has 2 amide bonds. The van der Waals surface area contributed by atoms with Crippen molar-refractivity contribution in [3.8, 4) is 0 Å². The van der Waals surface area contributed by atoms with E-state index in [1.165, 1.54) is 6.92 Å². The van der Waals surface area contributed by atoms with E-state index in [0.29, 0.717) is 16.4 Å². The van der Waals surface area contributed by atoms with Crippen LogP contribution in [0, 0.1) is 5.92 Å². The van der Waals surface area contributed by atoms with Gasteiger partial charge in [0.05, 0.1) is 16.8 Å². The Kier molecular flexibility index (Phi) is 5.32. The number of nitrogens with two attached hydrogens (primary N) is 1. The Morgan fingerprint density at radius 3 is 2.37 bits per heavy atom. The first-order valence-electron chi connectivity index (χ1n) is 5.95. The average molecular weight is 284 g/mol. The number of carbonyl (C=O) groups excluding carboxylic acids is 2. The van der Waals surface area contributed by atoms with Crippen LogP contribution in [-0.2, 0) is 9.59 Å². The first kappa shape index (κ1) is 15.5. The van der Waals surface area contributed by atoms with Crippen molar-refractivity contribution in [3.63, 3.8) is 0 Å². The molecule has 0 aromatic heterocycles. The van der Waals surface area contributed by atoms with E-state index in [-0.39, 0.29) is 17.7 Å². The zero-order valence-corrected chi connectivity index (χ0v) is 11.9. The van der Waals surface area contributed by atoms with E-state index in [1.54, 1.807) is 18.2 Å². The molecule has 0 radical (unpaired) electrons. The van der Waals surface area contributed by atoms with Crippen molar-refractivity contribution >= 4 is 34.8 Å². The van der Waals surface area contributed by atoms with Crippen LogP contribution in [0.3, 0.4) is 0 Å². The topological polar surface area (TPSA) is 84.2 Å². The third kappa shape index (κ3) is 4.54. The highest BCUT2D eigenvalue weighted by atomic mass is 35.5. The van der Waals surface area contributed by atoms with Gasteiger partial charge < -0.3 is 16.4 Å². The second kappa shape index (κ2) is 6.54. The van der Waals surface area contributed by atoms with E-state index in [9.17, 15) is 9.59 Å². The van der Waals surface area contributed by atoms with Crippen LogP contribution in [0.2, 0.25) is 5.02 Å². The predicted octanol–water partition coefficient (Wildman–Crippen LogP) is 2.22. The Balaban J connectivity index is 2.79. The van der Waals surface area contributed by atoms with Crippen molar-refractivity contribution in [3.05, 3.63) is 23.2 Å². The lowest BCUT2D eigenvalue weighted by Gasteiger charge is -2.16. The van der Waals surface area contributed by atoms with Crippen molar-refractivity contribution in [2.45, 2.75) is 26.8 Å². The highest BCUT2D eigenvalue weighted by Gasteiger charge is 2.17. The lowest BCUT2D eigenvalue weighted by atomic mass is 10.0. The highest BCUT2D eigenvalue weighted by Crippen LogP contribution is 2.25. The number of hydrogen-bond donors (Lipinski definition) is 3. The smallest absolute Gasteiger partial charge is 0.241 e. The molecule has 0 saturated carbocycles. The molecule has 0 spiro atoms. The van der Waals surface area contributed by atoms with Crippen molar-refractivity contribution in [2.24, 2.45) is 11.7 Å². The third-order valence-electron chi connectivity index (χ3n) is 2.57. The Morgan fingerprint density at radius 2 is 1.89 bits per heavy atom. The van der Waals surface area contributed by atoms with E-state index in [2.05, 4.69) is 10.6 Å². The van der Waals surface area contributed by atoms with Crippen LogP contribution in [0.4, 0.5) is 11.4 Å². The minimum absolute atomic E-state index is 0.0501. The van der Waals surface area contributed by atoms with E-state index in [0.717, 1.165) is 0 Å². The molecule has 4 N–H and O–H groups in total. The molecule has 5 nitrogen and oxygen atoms in total. The summed E-state index contributed by atoms with van der Waals surface area (Å²) in [6.45, 7) is 5.14. The molecule has 19 heavy (non-hydrogen) atoms. The van der Waals surface area contributed by atoms with E-state index in [4.69, 9.17) is 17.3 Å². The van der Waals surface area contributed by atoms with Gasteiger partial charge in [-0.05, 0) is 24.1 Å². The lowest BCUT2D eigenvalue weighted by Crippen LogP contribution is -2.39. The largest absolute Gasteiger partial charge is 0.325 e. The van der Waals surface area contributed by atoms with Gasteiger partial charge in [0.1, 0.15) is 0 Å². The minimum Gasteiger partial charge on any atom is -0.325 e. The fraction of sp³-hybridized carbons (Fsp3) is 0.385. The fourth-order valence-electron chi connectivity index (χ4n) is 1.41. The predicted molar refractivity (Wildman–Crippen MR) is 77.2 cm³/mol.